The Morgan fingerprint density at radius 3 is 2.88 bits per heavy atom. The maximum Gasteiger partial charge on any atom is 0.251 e. The second kappa shape index (κ2) is 7.36. The summed E-state index contributed by atoms with van der Waals surface area (Å²) in [5.41, 5.74) is 2.68. The Bertz CT molecular complexity index is 807. The van der Waals surface area contributed by atoms with Gasteiger partial charge in [0.05, 0.1) is 5.02 Å². The number of carbonyl (C=O) groups is 1. The van der Waals surface area contributed by atoms with Gasteiger partial charge in [-0.1, -0.05) is 33.6 Å². The van der Waals surface area contributed by atoms with Gasteiger partial charge in [0.2, 0.25) is 0 Å². The van der Waals surface area contributed by atoms with Gasteiger partial charge in [0, 0.05) is 35.0 Å². The Balaban J connectivity index is 1.67. The van der Waals surface area contributed by atoms with Crippen LogP contribution in [0.2, 0.25) is 5.02 Å². The van der Waals surface area contributed by atoms with Gasteiger partial charge in [-0.15, -0.1) is 0 Å². The number of hydrogen-bond acceptors (Lipinski definition) is 3. The molecule has 1 aliphatic heterocycles. The van der Waals surface area contributed by atoms with E-state index >= 15 is 0 Å². The molecule has 24 heavy (non-hydrogen) atoms. The first-order valence-corrected chi connectivity index (χ1v) is 8.83. The van der Waals surface area contributed by atoms with Gasteiger partial charge in [-0.2, -0.15) is 0 Å². The highest BCUT2D eigenvalue weighted by atomic mass is 79.9. The van der Waals surface area contributed by atoms with Gasteiger partial charge in [0.25, 0.3) is 5.91 Å². The number of nitrogens with one attached hydrogen (secondary N) is 1. The second-order valence-electron chi connectivity index (χ2n) is 5.65. The molecular weight excluding hydrogens is 390 g/mol. The summed E-state index contributed by atoms with van der Waals surface area (Å²) in [6, 6.07) is 9.41. The van der Waals surface area contributed by atoms with E-state index in [1.165, 1.54) is 0 Å². The summed E-state index contributed by atoms with van der Waals surface area (Å²) >= 11 is 9.64. The van der Waals surface area contributed by atoms with Crippen LogP contribution in [0.25, 0.3) is 0 Å². The van der Waals surface area contributed by atoms with E-state index in [-0.39, 0.29) is 5.91 Å². The smallest absolute Gasteiger partial charge is 0.251 e. The fraction of sp³-hybridized carbons (Fsp3) is 0.222. The lowest BCUT2D eigenvalue weighted by atomic mass is 10.1. The van der Waals surface area contributed by atoms with Gasteiger partial charge >= 0.3 is 0 Å². The van der Waals surface area contributed by atoms with Crippen molar-refractivity contribution in [2.45, 2.75) is 13.3 Å². The van der Waals surface area contributed by atoms with Gasteiger partial charge < -0.3 is 10.2 Å². The lowest BCUT2D eigenvalue weighted by Crippen LogP contribution is -2.32. The minimum Gasteiger partial charge on any atom is -0.351 e. The molecule has 1 aliphatic rings. The first-order chi connectivity index (χ1) is 11.5. The van der Waals surface area contributed by atoms with Crippen LogP contribution in [-0.4, -0.2) is 24.0 Å². The summed E-state index contributed by atoms with van der Waals surface area (Å²) in [5.74, 6) is 0.710. The van der Waals surface area contributed by atoms with E-state index in [0.717, 1.165) is 33.7 Å². The van der Waals surface area contributed by atoms with Crippen LogP contribution in [-0.2, 0) is 4.79 Å². The van der Waals surface area contributed by atoms with E-state index in [0.29, 0.717) is 18.0 Å². The summed E-state index contributed by atoms with van der Waals surface area (Å²) in [4.78, 5) is 18.8. The number of rotatable bonds is 3. The highest BCUT2D eigenvalue weighted by Crippen LogP contribution is 2.26. The fourth-order valence-corrected chi connectivity index (χ4v) is 3.10. The molecule has 1 N–H and O–H groups in total. The van der Waals surface area contributed by atoms with Crippen LogP contribution in [0.15, 0.2) is 52.7 Å². The minimum atomic E-state index is -0.0523. The third kappa shape index (κ3) is 3.79. The quantitative estimate of drug-likeness (QED) is 0.811. The van der Waals surface area contributed by atoms with Crippen molar-refractivity contribution >= 4 is 44.9 Å². The number of halogens is 2. The van der Waals surface area contributed by atoms with Crippen molar-refractivity contribution < 1.29 is 4.79 Å². The molecular formula is C18H17BrClN3O. The van der Waals surface area contributed by atoms with E-state index < -0.39 is 0 Å². The Morgan fingerprint density at radius 1 is 1.38 bits per heavy atom. The SMILES string of the molecule is Cc1cc(NC(=O)C2=CCN(c3ncccc3Cl)CC2)ccc1Br. The fourth-order valence-electron chi connectivity index (χ4n) is 2.61. The van der Waals surface area contributed by atoms with Crippen LogP contribution < -0.4 is 10.2 Å². The number of benzene rings is 1. The Hall–Kier alpha value is -1.85. The summed E-state index contributed by atoms with van der Waals surface area (Å²) in [5, 5.41) is 3.59. The number of pyridine rings is 1. The molecule has 0 unspecified atom stereocenters. The molecule has 4 nitrogen and oxygen atoms in total. The third-order valence-corrected chi connectivity index (χ3v) is 5.14. The van der Waals surface area contributed by atoms with Crippen molar-refractivity contribution in [3.63, 3.8) is 0 Å². The van der Waals surface area contributed by atoms with E-state index in [2.05, 4.69) is 31.1 Å². The molecule has 2 aromatic rings. The number of anilines is 2. The topological polar surface area (TPSA) is 45.2 Å². The normalized spacial score (nSPS) is 14.3. The Labute approximate surface area is 154 Å². The molecule has 124 valence electrons. The molecule has 1 amide bonds. The number of aromatic nitrogens is 1. The van der Waals surface area contributed by atoms with Gasteiger partial charge in [-0.25, -0.2) is 4.98 Å². The molecule has 1 aromatic carbocycles. The first kappa shape index (κ1) is 17.0. The number of hydrogen-bond donors (Lipinski definition) is 1. The summed E-state index contributed by atoms with van der Waals surface area (Å²) in [6.07, 6.45) is 4.33. The zero-order valence-electron chi connectivity index (χ0n) is 13.2. The van der Waals surface area contributed by atoms with Gasteiger partial charge in [-0.3, -0.25) is 4.79 Å². The molecule has 0 radical (unpaired) electrons. The Kier molecular flexibility index (Phi) is 5.21. The molecule has 0 bridgehead atoms. The largest absolute Gasteiger partial charge is 0.351 e. The predicted octanol–water partition coefficient (Wildman–Crippen LogP) is 4.58. The molecule has 3 rings (SSSR count). The molecule has 1 aromatic heterocycles. The van der Waals surface area contributed by atoms with Gasteiger partial charge in [0.15, 0.2) is 0 Å². The van der Waals surface area contributed by atoms with Gasteiger partial charge in [-0.05, 0) is 49.2 Å². The number of carbonyl (C=O) groups excluding carboxylic acids is 1. The summed E-state index contributed by atoms with van der Waals surface area (Å²) in [6.45, 7) is 3.34. The van der Waals surface area contributed by atoms with Crippen LogP contribution in [0.3, 0.4) is 0 Å². The molecule has 0 aliphatic carbocycles. The molecule has 0 saturated heterocycles. The average Bonchev–Trinajstić information content (AvgIpc) is 2.59. The number of amides is 1. The Morgan fingerprint density at radius 2 is 2.21 bits per heavy atom. The van der Waals surface area contributed by atoms with Gasteiger partial charge in [0.1, 0.15) is 5.82 Å². The zero-order valence-corrected chi connectivity index (χ0v) is 15.6. The van der Waals surface area contributed by atoms with Crippen molar-refractivity contribution in [1.82, 2.24) is 4.98 Å². The maximum atomic E-state index is 12.4. The standard InChI is InChI=1S/C18H17BrClN3O/c1-12-11-14(4-5-15(12)19)22-18(24)13-6-9-23(10-7-13)17-16(20)3-2-8-21-17/h2-6,8,11H,7,9-10H2,1H3,(H,22,24). The highest BCUT2D eigenvalue weighted by Gasteiger charge is 2.19. The average molecular weight is 407 g/mol. The summed E-state index contributed by atoms with van der Waals surface area (Å²) < 4.78 is 1.03. The van der Waals surface area contributed by atoms with Crippen molar-refractivity contribution in [3.8, 4) is 0 Å². The molecule has 0 saturated carbocycles. The molecule has 6 heteroatoms. The highest BCUT2D eigenvalue weighted by molar-refractivity contribution is 9.10. The third-order valence-electron chi connectivity index (χ3n) is 3.96. The van der Waals surface area contributed by atoms with E-state index in [1.807, 2.05) is 43.3 Å². The number of nitrogens with zero attached hydrogens (tertiary/aromatic N) is 2. The van der Waals surface area contributed by atoms with Crippen LogP contribution in [0.5, 0.6) is 0 Å². The summed E-state index contributed by atoms with van der Waals surface area (Å²) in [7, 11) is 0. The molecule has 0 atom stereocenters. The van der Waals surface area contributed by atoms with Crippen molar-refractivity contribution in [2.24, 2.45) is 0 Å². The zero-order chi connectivity index (χ0) is 17.1. The van der Waals surface area contributed by atoms with Crippen LogP contribution in [0, 0.1) is 6.92 Å². The molecule has 2 heterocycles. The van der Waals surface area contributed by atoms with Crippen LogP contribution >= 0.6 is 27.5 Å². The predicted molar refractivity (Wildman–Crippen MR) is 102 cm³/mol. The van der Waals surface area contributed by atoms with E-state index in [9.17, 15) is 4.79 Å². The van der Waals surface area contributed by atoms with Crippen molar-refractivity contribution in [3.05, 3.63) is 63.2 Å². The molecule has 0 spiro atoms. The maximum absolute atomic E-state index is 12.4. The molecule has 0 fully saturated rings. The first-order valence-electron chi connectivity index (χ1n) is 7.66. The lowest BCUT2D eigenvalue weighted by molar-refractivity contribution is -0.113. The van der Waals surface area contributed by atoms with Crippen molar-refractivity contribution in [1.29, 1.82) is 0 Å². The van der Waals surface area contributed by atoms with Crippen LogP contribution in [0.1, 0.15) is 12.0 Å². The number of aryl methyl sites for hydroxylation is 1. The van der Waals surface area contributed by atoms with Crippen LogP contribution in [0.4, 0.5) is 11.5 Å². The lowest BCUT2D eigenvalue weighted by Gasteiger charge is -2.27. The van der Waals surface area contributed by atoms with E-state index in [4.69, 9.17) is 11.6 Å². The monoisotopic (exact) mass is 405 g/mol. The van der Waals surface area contributed by atoms with E-state index in [1.54, 1.807) is 6.20 Å². The minimum absolute atomic E-state index is 0.0523. The van der Waals surface area contributed by atoms with Crippen molar-refractivity contribution in [2.75, 3.05) is 23.3 Å². The second-order valence-corrected chi connectivity index (χ2v) is 6.91.